The Bertz CT molecular complexity index is 1100. The number of hydrogen-bond acceptors (Lipinski definition) is 5. The average molecular weight is 898 g/mol. The Labute approximate surface area is 397 Å². The van der Waals surface area contributed by atoms with Gasteiger partial charge in [-0.3, -0.25) is 9.59 Å². The third-order valence-electron chi connectivity index (χ3n) is 12.7. The van der Waals surface area contributed by atoms with Crippen LogP contribution >= 0.6 is 0 Å². The second-order valence-corrected chi connectivity index (χ2v) is 19.0. The fourth-order valence-corrected chi connectivity index (χ4v) is 8.42. The molecular weight excluding hydrogens is 791 g/mol. The SMILES string of the molecule is CCCCC/C=C\C/C=C\C/C=C\C/C=C\CCCC(=O)OC(CCCCCCCCCCCCCCCC)CC(=O)NC(CO)C(O)CCCCCCCCCCCCCCCC. The number of nitrogens with one attached hydrogen (secondary N) is 1. The van der Waals surface area contributed by atoms with E-state index in [1.807, 2.05) is 0 Å². The molecule has 0 aromatic rings. The van der Waals surface area contributed by atoms with E-state index >= 15 is 0 Å². The molecule has 0 bridgehead atoms. The first-order valence-electron chi connectivity index (χ1n) is 27.9. The Morgan fingerprint density at radius 1 is 0.453 bits per heavy atom. The van der Waals surface area contributed by atoms with E-state index in [0.717, 1.165) is 64.2 Å². The third kappa shape index (κ3) is 46.4. The van der Waals surface area contributed by atoms with Crippen LogP contribution in [0.3, 0.4) is 0 Å². The van der Waals surface area contributed by atoms with Crippen LogP contribution in [-0.4, -0.2) is 46.9 Å². The molecule has 0 aliphatic carbocycles. The second kappa shape index (κ2) is 51.8. The Morgan fingerprint density at radius 3 is 1.20 bits per heavy atom. The molecule has 374 valence electrons. The fourth-order valence-electron chi connectivity index (χ4n) is 8.42. The monoisotopic (exact) mass is 898 g/mol. The van der Waals surface area contributed by atoms with Crippen LogP contribution in [0.4, 0.5) is 0 Å². The lowest BCUT2D eigenvalue weighted by molar-refractivity contribution is -0.151. The highest BCUT2D eigenvalue weighted by molar-refractivity contribution is 5.77. The summed E-state index contributed by atoms with van der Waals surface area (Å²) in [5.41, 5.74) is 0. The van der Waals surface area contributed by atoms with Gasteiger partial charge in [0.1, 0.15) is 6.10 Å². The highest BCUT2D eigenvalue weighted by Crippen LogP contribution is 2.18. The molecule has 0 aromatic carbocycles. The van der Waals surface area contributed by atoms with Gasteiger partial charge in [0.25, 0.3) is 0 Å². The van der Waals surface area contributed by atoms with Crippen LogP contribution in [-0.2, 0) is 14.3 Å². The predicted molar refractivity (Wildman–Crippen MR) is 278 cm³/mol. The normalized spacial score (nSPS) is 13.5. The van der Waals surface area contributed by atoms with Crippen molar-refractivity contribution >= 4 is 11.9 Å². The van der Waals surface area contributed by atoms with Crippen LogP contribution in [0.2, 0.25) is 0 Å². The van der Waals surface area contributed by atoms with Gasteiger partial charge in [0.2, 0.25) is 5.91 Å². The van der Waals surface area contributed by atoms with Gasteiger partial charge in [-0.25, -0.2) is 0 Å². The van der Waals surface area contributed by atoms with E-state index in [9.17, 15) is 19.8 Å². The van der Waals surface area contributed by atoms with Crippen molar-refractivity contribution in [2.75, 3.05) is 6.61 Å². The first-order chi connectivity index (χ1) is 31.5. The van der Waals surface area contributed by atoms with E-state index in [0.29, 0.717) is 25.7 Å². The summed E-state index contributed by atoms with van der Waals surface area (Å²) in [5.74, 6) is -0.529. The van der Waals surface area contributed by atoms with Gasteiger partial charge in [-0.15, -0.1) is 0 Å². The summed E-state index contributed by atoms with van der Waals surface area (Å²) in [4.78, 5) is 26.2. The molecule has 0 spiro atoms. The summed E-state index contributed by atoms with van der Waals surface area (Å²) in [5, 5.41) is 23.8. The minimum absolute atomic E-state index is 0.0590. The van der Waals surface area contributed by atoms with Crippen LogP contribution in [0.5, 0.6) is 0 Å². The molecule has 6 heteroatoms. The van der Waals surface area contributed by atoms with E-state index in [4.69, 9.17) is 4.74 Å². The zero-order valence-corrected chi connectivity index (χ0v) is 42.7. The zero-order chi connectivity index (χ0) is 46.7. The van der Waals surface area contributed by atoms with Crippen molar-refractivity contribution in [1.29, 1.82) is 0 Å². The van der Waals surface area contributed by atoms with E-state index in [-0.39, 0.29) is 24.9 Å². The summed E-state index contributed by atoms with van der Waals surface area (Å²) < 4.78 is 5.93. The summed E-state index contributed by atoms with van der Waals surface area (Å²) in [6, 6.07) is -0.711. The van der Waals surface area contributed by atoms with Gasteiger partial charge in [0.15, 0.2) is 0 Å². The lowest BCUT2D eigenvalue weighted by atomic mass is 10.0. The van der Waals surface area contributed by atoms with Gasteiger partial charge < -0.3 is 20.3 Å². The van der Waals surface area contributed by atoms with E-state index in [1.54, 1.807) is 0 Å². The molecule has 0 radical (unpaired) electrons. The summed E-state index contributed by atoms with van der Waals surface area (Å²) in [6.07, 6.45) is 63.1. The highest BCUT2D eigenvalue weighted by Gasteiger charge is 2.24. The van der Waals surface area contributed by atoms with Crippen molar-refractivity contribution in [3.8, 4) is 0 Å². The molecule has 0 aromatic heterocycles. The van der Waals surface area contributed by atoms with Crippen molar-refractivity contribution in [2.45, 2.75) is 302 Å². The minimum Gasteiger partial charge on any atom is -0.462 e. The first-order valence-corrected chi connectivity index (χ1v) is 27.9. The molecule has 3 unspecified atom stereocenters. The molecule has 3 N–H and O–H groups in total. The number of amides is 1. The van der Waals surface area contributed by atoms with Gasteiger partial charge in [-0.2, -0.15) is 0 Å². The van der Waals surface area contributed by atoms with Gasteiger partial charge in [0, 0.05) is 6.42 Å². The Hall–Kier alpha value is -2.18. The summed E-state index contributed by atoms with van der Waals surface area (Å²) in [7, 11) is 0. The maximum atomic E-state index is 13.2. The van der Waals surface area contributed by atoms with Crippen LogP contribution in [0.25, 0.3) is 0 Å². The topological polar surface area (TPSA) is 95.9 Å². The number of aliphatic hydroxyl groups excluding tert-OH is 2. The van der Waals surface area contributed by atoms with Crippen LogP contribution in [0.15, 0.2) is 48.6 Å². The molecule has 0 saturated carbocycles. The average Bonchev–Trinajstić information content (AvgIpc) is 3.29. The molecule has 64 heavy (non-hydrogen) atoms. The van der Waals surface area contributed by atoms with E-state index < -0.39 is 18.2 Å². The quantitative estimate of drug-likeness (QED) is 0.0321. The van der Waals surface area contributed by atoms with Crippen LogP contribution in [0.1, 0.15) is 284 Å². The molecule has 6 nitrogen and oxygen atoms in total. The molecule has 0 aliphatic rings. The van der Waals surface area contributed by atoms with Crippen molar-refractivity contribution in [3.05, 3.63) is 48.6 Å². The van der Waals surface area contributed by atoms with Crippen molar-refractivity contribution in [3.63, 3.8) is 0 Å². The number of aliphatic hydroxyl groups is 2. The number of hydrogen-bond donors (Lipinski definition) is 3. The lowest BCUT2D eigenvalue weighted by Gasteiger charge is -2.24. The van der Waals surface area contributed by atoms with Gasteiger partial charge >= 0.3 is 5.97 Å². The highest BCUT2D eigenvalue weighted by atomic mass is 16.5. The first kappa shape index (κ1) is 61.8. The number of carbonyl (C=O) groups is 2. The minimum atomic E-state index is -0.796. The number of carbonyl (C=O) groups excluding carboxylic acids is 2. The molecular formula is C58H107NO5. The Balaban J connectivity index is 4.63. The predicted octanol–water partition coefficient (Wildman–Crippen LogP) is 17.0. The molecule has 0 saturated heterocycles. The van der Waals surface area contributed by atoms with Crippen molar-refractivity contribution in [2.24, 2.45) is 0 Å². The third-order valence-corrected chi connectivity index (χ3v) is 12.7. The standard InChI is InChI=1S/C58H107NO5/c1-4-7-10-13-16-19-22-25-28-29-30-33-36-39-42-45-48-51-58(63)64-54(49-46-43-40-37-34-31-26-23-20-17-14-11-8-5-2)52-57(62)59-55(53-60)56(61)50-47-44-41-38-35-32-27-24-21-18-15-12-9-6-3/h16,19,25,28,30,33,39,42,54-56,60-61H,4-15,17-18,20-24,26-27,29,31-32,34-38,40-41,43-53H2,1-3H3,(H,59,62)/b19-16-,28-25-,33-30-,42-39-. The molecule has 0 aliphatic heterocycles. The number of allylic oxidation sites excluding steroid dienone is 8. The molecule has 0 heterocycles. The lowest BCUT2D eigenvalue weighted by Crippen LogP contribution is -2.46. The smallest absolute Gasteiger partial charge is 0.306 e. The van der Waals surface area contributed by atoms with Crippen LogP contribution < -0.4 is 5.32 Å². The maximum Gasteiger partial charge on any atom is 0.306 e. The van der Waals surface area contributed by atoms with Gasteiger partial charge in [0.05, 0.1) is 25.2 Å². The Kier molecular flexibility index (Phi) is 50.0. The molecule has 3 atom stereocenters. The Morgan fingerprint density at radius 2 is 0.797 bits per heavy atom. The summed E-state index contributed by atoms with van der Waals surface area (Å²) in [6.45, 7) is 6.47. The van der Waals surface area contributed by atoms with E-state index in [2.05, 4.69) is 74.7 Å². The number of ether oxygens (including phenoxy) is 1. The summed E-state index contributed by atoms with van der Waals surface area (Å²) >= 11 is 0. The van der Waals surface area contributed by atoms with Crippen molar-refractivity contribution < 1.29 is 24.5 Å². The van der Waals surface area contributed by atoms with Gasteiger partial charge in [-0.1, -0.05) is 256 Å². The number of esters is 1. The zero-order valence-electron chi connectivity index (χ0n) is 42.7. The van der Waals surface area contributed by atoms with E-state index in [1.165, 1.54) is 167 Å². The molecule has 0 fully saturated rings. The molecule has 0 rings (SSSR count). The number of rotatable bonds is 50. The number of unbranched alkanes of at least 4 members (excludes halogenated alkanes) is 30. The largest absolute Gasteiger partial charge is 0.462 e. The van der Waals surface area contributed by atoms with Gasteiger partial charge in [-0.05, 0) is 64.2 Å². The molecule has 1 amide bonds. The maximum absolute atomic E-state index is 13.2. The fraction of sp³-hybridized carbons (Fsp3) is 0.828. The van der Waals surface area contributed by atoms with Crippen LogP contribution in [0, 0.1) is 0 Å². The van der Waals surface area contributed by atoms with Crippen molar-refractivity contribution in [1.82, 2.24) is 5.32 Å². The second-order valence-electron chi connectivity index (χ2n) is 19.0.